The Balaban J connectivity index is 1.61. The van der Waals surface area contributed by atoms with Crippen LogP contribution in [-0.2, 0) is 25.1 Å². The normalized spacial score (nSPS) is 17.2. The summed E-state index contributed by atoms with van der Waals surface area (Å²) in [6, 6.07) is 6.57. The maximum absolute atomic E-state index is 12.8. The average molecular weight is 482 g/mol. The van der Waals surface area contributed by atoms with Crippen LogP contribution in [-0.4, -0.2) is 66.0 Å². The van der Waals surface area contributed by atoms with Crippen molar-refractivity contribution in [1.29, 1.82) is 0 Å². The monoisotopic (exact) mass is 481 g/mol. The second kappa shape index (κ2) is 11.0. The summed E-state index contributed by atoms with van der Waals surface area (Å²) in [5, 5.41) is 3.74. The first-order chi connectivity index (χ1) is 15.3. The van der Waals surface area contributed by atoms with Crippen molar-refractivity contribution in [2.75, 3.05) is 24.7 Å². The van der Waals surface area contributed by atoms with Gasteiger partial charge in [0.05, 0.1) is 22.8 Å². The summed E-state index contributed by atoms with van der Waals surface area (Å²) in [4.78, 5) is 31.9. The molecule has 1 aromatic heterocycles. The molecule has 1 atom stereocenters. The molecular weight excluding hydrogens is 454 g/mol. The predicted molar refractivity (Wildman–Crippen MR) is 119 cm³/mol. The Hall–Kier alpha value is -2.40. The van der Waals surface area contributed by atoms with Crippen molar-refractivity contribution in [3.63, 3.8) is 0 Å². The maximum Gasteiger partial charge on any atom is 0.339 e. The molecule has 1 aromatic carbocycles. The minimum atomic E-state index is -3.13. The lowest BCUT2D eigenvalue weighted by Crippen LogP contribution is -2.43. The number of carbonyl (C=O) groups is 2. The Morgan fingerprint density at radius 1 is 1.31 bits per heavy atom. The molecular formula is C21H27N3O6S2. The number of esters is 1. The average Bonchev–Trinajstić information content (AvgIpc) is 3.35. The number of benzene rings is 1. The third kappa shape index (κ3) is 6.55. The summed E-state index contributed by atoms with van der Waals surface area (Å²) < 4.78 is 34.1. The van der Waals surface area contributed by atoms with Crippen LogP contribution in [0.15, 0.2) is 33.7 Å². The minimum absolute atomic E-state index is 0.0367. The number of hydrogen-bond acceptors (Lipinski definition) is 9. The molecule has 2 heterocycles. The van der Waals surface area contributed by atoms with Crippen molar-refractivity contribution in [3.8, 4) is 0 Å². The zero-order chi connectivity index (χ0) is 23.1. The molecule has 174 valence electrons. The van der Waals surface area contributed by atoms with Crippen LogP contribution in [0, 0.1) is 6.92 Å². The number of nitrogens with zero attached hydrogens (tertiary/aromatic N) is 3. The molecule has 0 saturated carbocycles. The van der Waals surface area contributed by atoms with Crippen LogP contribution < -0.4 is 0 Å². The number of carbonyl (C=O) groups excluding carboxylic acids is 2. The highest BCUT2D eigenvalue weighted by atomic mass is 32.2. The van der Waals surface area contributed by atoms with Gasteiger partial charge in [0.25, 0.3) is 5.91 Å². The van der Waals surface area contributed by atoms with Crippen LogP contribution in [0.1, 0.15) is 48.3 Å². The highest BCUT2D eigenvalue weighted by Gasteiger charge is 2.34. The van der Waals surface area contributed by atoms with Gasteiger partial charge in [0.2, 0.25) is 5.89 Å². The molecule has 9 nitrogen and oxygen atoms in total. The second-order valence-corrected chi connectivity index (χ2v) is 10.8. The number of sulfone groups is 1. The molecule has 0 aliphatic carbocycles. The Kier molecular flexibility index (Phi) is 8.30. The third-order valence-electron chi connectivity index (χ3n) is 5.08. The molecule has 1 aliphatic heterocycles. The van der Waals surface area contributed by atoms with Gasteiger partial charge in [-0.05, 0) is 31.9 Å². The van der Waals surface area contributed by atoms with Gasteiger partial charge in [0.1, 0.15) is 0 Å². The number of thioether (sulfide) groups is 1. The fourth-order valence-corrected chi connectivity index (χ4v) is 6.06. The molecule has 1 amide bonds. The Morgan fingerprint density at radius 3 is 2.75 bits per heavy atom. The van der Waals surface area contributed by atoms with Gasteiger partial charge in [-0.1, -0.05) is 30.6 Å². The zero-order valence-electron chi connectivity index (χ0n) is 18.2. The van der Waals surface area contributed by atoms with E-state index in [1.54, 1.807) is 36.1 Å². The highest BCUT2D eigenvalue weighted by molar-refractivity contribution is 7.98. The topological polar surface area (TPSA) is 120 Å². The van der Waals surface area contributed by atoms with Crippen molar-refractivity contribution in [2.45, 2.75) is 49.8 Å². The third-order valence-corrected chi connectivity index (χ3v) is 7.89. The van der Waals surface area contributed by atoms with E-state index >= 15 is 0 Å². The number of unbranched alkanes of at least 4 members (excludes halogenated alkanes) is 1. The van der Waals surface area contributed by atoms with E-state index in [4.69, 9.17) is 9.26 Å². The molecule has 32 heavy (non-hydrogen) atoms. The van der Waals surface area contributed by atoms with Crippen molar-refractivity contribution in [1.82, 2.24) is 15.0 Å². The molecule has 2 aromatic rings. The van der Waals surface area contributed by atoms with Gasteiger partial charge >= 0.3 is 5.97 Å². The van der Waals surface area contributed by atoms with Crippen LogP contribution in [0.3, 0.4) is 0 Å². The van der Waals surface area contributed by atoms with Gasteiger partial charge in [-0.15, -0.1) is 11.8 Å². The molecule has 0 unspecified atom stereocenters. The van der Waals surface area contributed by atoms with Gasteiger partial charge in [-0.2, -0.15) is 4.98 Å². The predicted octanol–water partition coefficient (Wildman–Crippen LogP) is 2.64. The van der Waals surface area contributed by atoms with Crippen molar-refractivity contribution in [2.24, 2.45) is 0 Å². The maximum atomic E-state index is 12.8. The van der Waals surface area contributed by atoms with E-state index in [1.807, 2.05) is 6.92 Å². The van der Waals surface area contributed by atoms with E-state index in [0.717, 1.165) is 12.8 Å². The number of hydrogen-bond donors (Lipinski definition) is 0. The van der Waals surface area contributed by atoms with Crippen molar-refractivity contribution >= 4 is 33.5 Å². The molecule has 1 aliphatic rings. The standard InChI is InChI=1S/C21H27N3O6S2/c1-3-4-10-24(16-9-11-32(27,28)14-16)20(25)12-29-21(26)17-7-5-6-8-18(17)31-13-19-22-15(2)23-30-19/h5-8,16H,3-4,9-14H2,1-2H3/t16-/m1/s1. The molecule has 11 heteroatoms. The quantitative estimate of drug-likeness (QED) is 0.372. The van der Waals surface area contributed by atoms with Crippen LogP contribution in [0.25, 0.3) is 0 Å². The van der Waals surface area contributed by atoms with E-state index in [0.29, 0.717) is 40.9 Å². The first-order valence-electron chi connectivity index (χ1n) is 10.5. The molecule has 0 radical (unpaired) electrons. The largest absolute Gasteiger partial charge is 0.452 e. The van der Waals surface area contributed by atoms with E-state index < -0.39 is 22.4 Å². The van der Waals surface area contributed by atoms with Gasteiger partial charge in [-0.3, -0.25) is 4.79 Å². The fraction of sp³-hybridized carbons (Fsp3) is 0.524. The zero-order valence-corrected chi connectivity index (χ0v) is 19.8. The van der Waals surface area contributed by atoms with Gasteiger partial charge in [0.15, 0.2) is 22.3 Å². The molecule has 0 spiro atoms. The Morgan fingerprint density at radius 2 is 2.09 bits per heavy atom. The van der Waals surface area contributed by atoms with Crippen molar-refractivity contribution in [3.05, 3.63) is 41.5 Å². The van der Waals surface area contributed by atoms with Crippen LogP contribution in [0.4, 0.5) is 0 Å². The van der Waals surface area contributed by atoms with Gasteiger partial charge in [0, 0.05) is 17.5 Å². The molecule has 1 fully saturated rings. The number of rotatable bonds is 10. The number of amides is 1. The van der Waals surface area contributed by atoms with Crippen LogP contribution in [0.5, 0.6) is 0 Å². The minimum Gasteiger partial charge on any atom is -0.452 e. The lowest BCUT2D eigenvalue weighted by molar-refractivity contribution is -0.136. The van der Waals surface area contributed by atoms with Gasteiger partial charge < -0.3 is 14.2 Å². The smallest absolute Gasteiger partial charge is 0.339 e. The lowest BCUT2D eigenvalue weighted by atomic mass is 10.2. The van der Waals surface area contributed by atoms with E-state index in [1.165, 1.54) is 11.8 Å². The highest BCUT2D eigenvalue weighted by Crippen LogP contribution is 2.26. The summed E-state index contributed by atoms with van der Waals surface area (Å²) in [5.74, 6) is 0.435. The summed E-state index contributed by atoms with van der Waals surface area (Å²) >= 11 is 1.35. The lowest BCUT2D eigenvalue weighted by Gasteiger charge is -2.28. The number of aryl methyl sites for hydroxylation is 1. The first-order valence-corrected chi connectivity index (χ1v) is 13.3. The molecule has 0 bridgehead atoms. The Labute approximate surface area is 191 Å². The summed E-state index contributed by atoms with van der Waals surface area (Å²) in [6.45, 7) is 3.74. The Bertz CT molecular complexity index is 1050. The van der Waals surface area contributed by atoms with Crippen LogP contribution in [0.2, 0.25) is 0 Å². The first kappa shape index (κ1) is 24.2. The summed E-state index contributed by atoms with van der Waals surface area (Å²) in [5.41, 5.74) is 0.338. The van der Waals surface area contributed by atoms with Crippen LogP contribution >= 0.6 is 11.8 Å². The van der Waals surface area contributed by atoms with Gasteiger partial charge in [-0.25, -0.2) is 13.2 Å². The van der Waals surface area contributed by atoms with Crippen molar-refractivity contribution < 1.29 is 27.3 Å². The van der Waals surface area contributed by atoms with E-state index in [9.17, 15) is 18.0 Å². The number of ether oxygens (including phenoxy) is 1. The molecule has 3 rings (SSSR count). The molecule has 0 N–H and O–H groups in total. The molecule has 1 saturated heterocycles. The fourth-order valence-electron chi connectivity index (χ4n) is 3.45. The van der Waals surface area contributed by atoms with E-state index in [-0.39, 0.29) is 23.5 Å². The number of aromatic nitrogens is 2. The summed E-state index contributed by atoms with van der Waals surface area (Å²) in [6.07, 6.45) is 2.04. The second-order valence-electron chi connectivity index (χ2n) is 7.59. The van der Waals surface area contributed by atoms with E-state index in [2.05, 4.69) is 10.1 Å². The summed E-state index contributed by atoms with van der Waals surface area (Å²) in [7, 11) is -3.13. The SMILES string of the molecule is CCCCN(C(=O)COC(=O)c1ccccc1SCc1nc(C)no1)[C@@H]1CCS(=O)(=O)C1.